The first-order valence-electron chi connectivity index (χ1n) is 10.8. The normalized spacial score (nSPS) is 22.5. The molecule has 6 nitrogen and oxygen atoms in total. The van der Waals surface area contributed by atoms with E-state index in [9.17, 15) is 20.1 Å². The molecule has 2 aliphatic heterocycles. The summed E-state index contributed by atoms with van der Waals surface area (Å²) in [6.07, 6.45) is 3.78. The summed E-state index contributed by atoms with van der Waals surface area (Å²) in [5.74, 6) is -1.24. The van der Waals surface area contributed by atoms with E-state index >= 15 is 0 Å². The van der Waals surface area contributed by atoms with Crippen LogP contribution in [0.15, 0.2) is 54.6 Å². The standard InChI is InChI=1S/C27H25N3O3/c1-26(2,3)24(31)23-22(18-9-11-19(12-10-18)25(32)33-4)27(15-28,16-29)21-14-13-17-7-5-6-8-20(17)30(21)23/h5-14,21-23H,1-4H3/t21-,22+,23-/m0/s1. The second kappa shape index (κ2) is 7.90. The Balaban J connectivity index is 1.97. The minimum atomic E-state index is -1.50. The molecule has 2 aromatic carbocycles. The minimum Gasteiger partial charge on any atom is -0.465 e. The van der Waals surface area contributed by atoms with Crippen LogP contribution in [0.4, 0.5) is 5.69 Å². The van der Waals surface area contributed by atoms with Gasteiger partial charge in [0.1, 0.15) is 0 Å². The van der Waals surface area contributed by atoms with Gasteiger partial charge in [0.15, 0.2) is 11.2 Å². The van der Waals surface area contributed by atoms with Gasteiger partial charge in [-0.15, -0.1) is 0 Å². The summed E-state index contributed by atoms with van der Waals surface area (Å²) in [7, 11) is 1.31. The number of esters is 1. The van der Waals surface area contributed by atoms with Crippen molar-refractivity contribution in [3.63, 3.8) is 0 Å². The number of Topliss-reactive ketones (excluding diaryl/α,β-unsaturated/α-hetero) is 1. The molecular formula is C27H25N3O3. The Labute approximate surface area is 193 Å². The van der Waals surface area contributed by atoms with E-state index in [0.717, 1.165) is 11.3 Å². The Bertz CT molecular complexity index is 1210. The number of hydrogen-bond donors (Lipinski definition) is 0. The quantitative estimate of drug-likeness (QED) is 0.654. The number of para-hydroxylation sites is 1. The molecule has 0 radical (unpaired) electrons. The number of fused-ring (bicyclic) bond motifs is 3. The summed E-state index contributed by atoms with van der Waals surface area (Å²) >= 11 is 0. The van der Waals surface area contributed by atoms with Crippen LogP contribution in [0.25, 0.3) is 6.08 Å². The third-order valence-electron chi connectivity index (χ3n) is 6.61. The van der Waals surface area contributed by atoms with E-state index in [0.29, 0.717) is 11.1 Å². The Kier molecular flexibility index (Phi) is 5.34. The van der Waals surface area contributed by atoms with Gasteiger partial charge in [0, 0.05) is 17.0 Å². The number of carbonyl (C=O) groups is 2. The zero-order valence-electron chi connectivity index (χ0n) is 19.1. The minimum absolute atomic E-state index is 0.0491. The Morgan fingerprint density at radius 2 is 1.67 bits per heavy atom. The highest BCUT2D eigenvalue weighted by Crippen LogP contribution is 2.56. The van der Waals surface area contributed by atoms with Gasteiger partial charge in [0.05, 0.1) is 36.9 Å². The predicted molar refractivity (Wildman–Crippen MR) is 124 cm³/mol. The van der Waals surface area contributed by atoms with Crippen LogP contribution in [0.1, 0.15) is 48.2 Å². The predicted octanol–water partition coefficient (Wildman–Crippen LogP) is 4.49. The van der Waals surface area contributed by atoms with Crippen LogP contribution in [0.2, 0.25) is 0 Å². The second-order valence-corrected chi connectivity index (χ2v) is 9.51. The number of ketones is 1. The van der Waals surface area contributed by atoms with Crippen molar-refractivity contribution in [2.75, 3.05) is 12.0 Å². The smallest absolute Gasteiger partial charge is 0.337 e. The lowest BCUT2D eigenvalue weighted by molar-refractivity contribution is -0.127. The van der Waals surface area contributed by atoms with Crippen LogP contribution in [-0.4, -0.2) is 30.9 Å². The molecule has 1 fully saturated rings. The van der Waals surface area contributed by atoms with E-state index in [1.807, 2.05) is 62.1 Å². The number of benzene rings is 2. The molecule has 2 heterocycles. The molecule has 6 heteroatoms. The van der Waals surface area contributed by atoms with Gasteiger partial charge in [-0.2, -0.15) is 10.5 Å². The molecule has 0 aliphatic carbocycles. The van der Waals surface area contributed by atoms with Crippen molar-refractivity contribution >= 4 is 23.5 Å². The highest BCUT2D eigenvalue weighted by Gasteiger charge is 2.64. The molecule has 3 atom stereocenters. The van der Waals surface area contributed by atoms with Gasteiger partial charge in [0.2, 0.25) is 0 Å². The summed E-state index contributed by atoms with van der Waals surface area (Å²) in [5.41, 5.74) is 0.593. The Hall–Kier alpha value is -3.90. The molecule has 0 aromatic heterocycles. The number of rotatable bonds is 3. The number of nitrogens with zero attached hydrogens (tertiary/aromatic N) is 3. The molecule has 0 N–H and O–H groups in total. The highest BCUT2D eigenvalue weighted by molar-refractivity contribution is 5.96. The summed E-state index contributed by atoms with van der Waals surface area (Å²) < 4.78 is 4.79. The average molecular weight is 440 g/mol. The van der Waals surface area contributed by atoms with Crippen molar-refractivity contribution in [1.82, 2.24) is 0 Å². The lowest BCUT2D eigenvalue weighted by atomic mass is 9.67. The molecule has 1 saturated heterocycles. The van der Waals surface area contributed by atoms with Crippen LogP contribution < -0.4 is 4.90 Å². The van der Waals surface area contributed by atoms with Crippen LogP contribution in [0.3, 0.4) is 0 Å². The molecule has 0 amide bonds. The van der Waals surface area contributed by atoms with Gasteiger partial charge in [-0.05, 0) is 29.3 Å². The first kappa shape index (κ1) is 22.3. The molecule has 0 unspecified atom stereocenters. The number of ether oxygens (including phenoxy) is 1. The Morgan fingerprint density at radius 3 is 2.24 bits per heavy atom. The van der Waals surface area contributed by atoms with E-state index in [2.05, 4.69) is 12.1 Å². The van der Waals surface area contributed by atoms with Gasteiger partial charge in [-0.25, -0.2) is 4.79 Å². The van der Waals surface area contributed by atoms with Gasteiger partial charge in [0.25, 0.3) is 0 Å². The zero-order chi connectivity index (χ0) is 24.0. The highest BCUT2D eigenvalue weighted by atomic mass is 16.5. The fourth-order valence-corrected chi connectivity index (χ4v) is 5.00. The summed E-state index contributed by atoms with van der Waals surface area (Å²) in [6.45, 7) is 5.56. The van der Waals surface area contributed by atoms with Gasteiger partial charge < -0.3 is 9.64 Å². The van der Waals surface area contributed by atoms with Gasteiger partial charge in [-0.3, -0.25) is 4.79 Å². The first-order valence-corrected chi connectivity index (χ1v) is 10.8. The summed E-state index contributed by atoms with van der Waals surface area (Å²) in [6, 6.07) is 17.6. The zero-order valence-corrected chi connectivity index (χ0v) is 19.1. The van der Waals surface area contributed by atoms with Crippen molar-refractivity contribution in [2.24, 2.45) is 10.8 Å². The molecule has 0 saturated carbocycles. The fourth-order valence-electron chi connectivity index (χ4n) is 5.00. The monoisotopic (exact) mass is 439 g/mol. The van der Waals surface area contributed by atoms with Crippen molar-refractivity contribution in [3.05, 3.63) is 71.3 Å². The molecule has 4 rings (SSSR count). The summed E-state index contributed by atoms with van der Waals surface area (Å²) in [4.78, 5) is 27.8. The van der Waals surface area contributed by atoms with Crippen molar-refractivity contribution in [1.29, 1.82) is 10.5 Å². The van der Waals surface area contributed by atoms with E-state index in [-0.39, 0.29) is 5.78 Å². The third kappa shape index (κ3) is 3.31. The number of methoxy groups -OCH3 is 1. The SMILES string of the molecule is COC(=O)c1ccc([C@@H]2[C@@H](C(=O)C(C)(C)C)N3c4ccccc4C=C[C@H]3C2(C#N)C#N)cc1. The molecule has 2 aromatic rings. The summed E-state index contributed by atoms with van der Waals surface area (Å²) in [5, 5.41) is 20.8. The number of anilines is 1. The fraction of sp³-hybridized carbons (Fsp3) is 0.333. The van der Waals surface area contributed by atoms with E-state index in [1.165, 1.54) is 7.11 Å². The van der Waals surface area contributed by atoms with Crippen LogP contribution in [0.5, 0.6) is 0 Å². The molecule has 0 bridgehead atoms. The third-order valence-corrected chi connectivity index (χ3v) is 6.61. The van der Waals surface area contributed by atoms with E-state index in [1.54, 1.807) is 24.3 Å². The molecule has 0 spiro atoms. The molecular weight excluding hydrogens is 414 g/mol. The number of carbonyl (C=O) groups excluding carboxylic acids is 2. The number of nitriles is 2. The maximum Gasteiger partial charge on any atom is 0.337 e. The van der Waals surface area contributed by atoms with Gasteiger partial charge in [-0.1, -0.05) is 63.3 Å². The van der Waals surface area contributed by atoms with Crippen molar-refractivity contribution in [2.45, 2.75) is 38.8 Å². The molecule has 166 valence electrons. The largest absolute Gasteiger partial charge is 0.465 e. The van der Waals surface area contributed by atoms with E-state index < -0.39 is 34.8 Å². The maximum absolute atomic E-state index is 13.9. The van der Waals surface area contributed by atoms with Gasteiger partial charge >= 0.3 is 5.97 Å². The lowest BCUT2D eigenvalue weighted by Crippen LogP contribution is -2.47. The van der Waals surface area contributed by atoms with Crippen molar-refractivity contribution in [3.8, 4) is 12.1 Å². The van der Waals surface area contributed by atoms with Crippen LogP contribution in [0, 0.1) is 33.5 Å². The van der Waals surface area contributed by atoms with Crippen LogP contribution in [-0.2, 0) is 9.53 Å². The number of hydrogen-bond acceptors (Lipinski definition) is 6. The lowest BCUT2D eigenvalue weighted by Gasteiger charge is -2.37. The second-order valence-electron chi connectivity index (χ2n) is 9.51. The van der Waals surface area contributed by atoms with Crippen molar-refractivity contribution < 1.29 is 14.3 Å². The van der Waals surface area contributed by atoms with E-state index in [4.69, 9.17) is 4.74 Å². The molecule has 2 aliphatic rings. The first-order chi connectivity index (χ1) is 15.7. The average Bonchev–Trinajstić information content (AvgIpc) is 3.13. The maximum atomic E-state index is 13.9. The van der Waals surface area contributed by atoms with Crippen LogP contribution >= 0.6 is 0 Å². The Morgan fingerprint density at radius 1 is 1.03 bits per heavy atom. The molecule has 33 heavy (non-hydrogen) atoms. The topological polar surface area (TPSA) is 94.2 Å².